The molecular weight excluding hydrogens is 290 g/mol. The van der Waals surface area contributed by atoms with Crippen LogP contribution < -0.4 is 10.6 Å². The van der Waals surface area contributed by atoms with Crippen molar-refractivity contribution in [3.8, 4) is 0 Å². The lowest BCUT2D eigenvalue weighted by Gasteiger charge is -2.25. The van der Waals surface area contributed by atoms with Gasteiger partial charge in [-0.25, -0.2) is 12.7 Å². The largest absolute Gasteiger partial charge is 0.385 e. The number of nitrogens with zero attached hydrogens (tertiary/aromatic N) is 1. The number of carbonyl (C=O) groups is 1. The minimum Gasteiger partial charge on any atom is -0.385 e. The number of hydrogen-bond donors (Lipinski definition) is 2. The highest BCUT2D eigenvalue weighted by atomic mass is 32.2. The number of benzene rings is 1. The van der Waals surface area contributed by atoms with Crippen molar-refractivity contribution in [2.75, 3.05) is 38.3 Å². The third-order valence-corrected chi connectivity index (χ3v) is 5.45. The summed E-state index contributed by atoms with van der Waals surface area (Å²) >= 11 is 0. The second-order valence-corrected chi connectivity index (χ2v) is 7.55. The van der Waals surface area contributed by atoms with Crippen molar-refractivity contribution in [3.63, 3.8) is 0 Å². The van der Waals surface area contributed by atoms with Crippen LogP contribution in [0.1, 0.15) is 17.9 Å². The third kappa shape index (κ3) is 3.74. The maximum Gasteiger partial charge on any atom is 0.227 e. The molecule has 0 saturated carbocycles. The van der Waals surface area contributed by atoms with Crippen LogP contribution in [0.25, 0.3) is 0 Å². The molecule has 1 aromatic rings. The fourth-order valence-electron chi connectivity index (χ4n) is 2.35. The van der Waals surface area contributed by atoms with E-state index in [0.29, 0.717) is 6.42 Å². The van der Waals surface area contributed by atoms with Gasteiger partial charge in [0.05, 0.1) is 11.7 Å². The summed E-state index contributed by atoms with van der Waals surface area (Å²) in [6.07, 6.45) is 0.712. The Hall–Kier alpha value is -1.60. The molecule has 1 atom stereocenters. The number of sulfonamides is 1. The van der Waals surface area contributed by atoms with Crippen molar-refractivity contribution in [1.29, 1.82) is 0 Å². The Morgan fingerprint density at radius 3 is 2.81 bits per heavy atom. The van der Waals surface area contributed by atoms with Crippen LogP contribution >= 0.6 is 0 Å². The van der Waals surface area contributed by atoms with Gasteiger partial charge in [-0.3, -0.25) is 4.79 Å². The summed E-state index contributed by atoms with van der Waals surface area (Å²) in [5.41, 5.74) is 1.95. The van der Waals surface area contributed by atoms with E-state index in [1.54, 1.807) is 0 Å². The average Bonchev–Trinajstić information content (AvgIpc) is 2.46. The van der Waals surface area contributed by atoms with Crippen molar-refractivity contribution in [2.45, 2.75) is 12.3 Å². The lowest BCUT2D eigenvalue weighted by atomic mass is 9.90. The topological polar surface area (TPSA) is 78.5 Å². The maximum absolute atomic E-state index is 12.3. The van der Waals surface area contributed by atoms with E-state index in [2.05, 4.69) is 10.6 Å². The summed E-state index contributed by atoms with van der Waals surface area (Å²) in [6, 6.07) is 7.71. The van der Waals surface area contributed by atoms with E-state index in [9.17, 15) is 13.2 Å². The van der Waals surface area contributed by atoms with E-state index in [1.165, 1.54) is 18.4 Å². The summed E-state index contributed by atoms with van der Waals surface area (Å²) < 4.78 is 24.5. The van der Waals surface area contributed by atoms with Gasteiger partial charge in [-0.05, 0) is 18.1 Å². The number of rotatable bonds is 5. The van der Waals surface area contributed by atoms with Gasteiger partial charge in [0.1, 0.15) is 0 Å². The molecule has 0 aromatic heterocycles. The van der Waals surface area contributed by atoms with Crippen molar-refractivity contribution >= 4 is 21.6 Å². The number of amides is 1. The predicted molar refractivity (Wildman–Crippen MR) is 82.8 cm³/mol. The number of para-hydroxylation sites is 1. The van der Waals surface area contributed by atoms with Gasteiger partial charge in [-0.1, -0.05) is 18.2 Å². The Kier molecular flexibility index (Phi) is 4.84. The van der Waals surface area contributed by atoms with Crippen LogP contribution in [0.5, 0.6) is 0 Å². The zero-order valence-electron chi connectivity index (χ0n) is 12.3. The highest BCUT2D eigenvalue weighted by molar-refractivity contribution is 7.89. The molecule has 116 valence electrons. The molecule has 1 aliphatic heterocycles. The maximum atomic E-state index is 12.3. The number of anilines is 1. The Balaban J connectivity index is 1.96. The number of fused-ring (bicyclic) bond motifs is 1. The zero-order valence-corrected chi connectivity index (χ0v) is 13.1. The van der Waals surface area contributed by atoms with Gasteiger partial charge in [0.25, 0.3) is 0 Å². The molecule has 1 aromatic carbocycles. The lowest BCUT2D eigenvalue weighted by Crippen LogP contribution is -2.37. The molecule has 0 saturated heterocycles. The summed E-state index contributed by atoms with van der Waals surface area (Å²) in [4.78, 5) is 12.3. The molecule has 0 fully saturated rings. The molecule has 6 nitrogen and oxygen atoms in total. The second kappa shape index (κ2) is 6.44. The number of hydrogen-bond acceptors (Lipinski definition) is 4. The van der Waals surface area contributed by atoms with Gasteiger partial charge in [0.15, 0.2) is 0 Å². The number of nitrogens with one attached hydrogen (secondary N) is 2. The zero-order chi connectivity index (χ0) is 15.5. The molecular formula is C14H21N3O3S. The highest BCUT2D eigenvalue weighted by Gasteiger charge is 2.26. The first kappa shape index (κ1) is 15.8. The van der Waals surface area contributed by atoms with Crippen molar-refractivity contribution in [3.05, 3.63) is 29.8 Å². The monoisotopic (exact) mass is 311 g/mol. The van der Waals surface area contributed by atoms with Gasteiger partial charge in [0, 0.05) is 32.9 Å². The van der Waals surface area contributed by atoms with E-state index in [-0.39, 0.29) is 24.1 Å². The van der Waals surface area contributed by atoms with Crippen LogP contribution in [0.3, 0.4) is 0 Å². The highest BCUT2D eigenvalue weighted by Crippen LogP contribution is 2.31. The molecule has 1 aliphatic rings. The molecule has 0 spiro atoms. The Bertz CT molecular complexity index is 614. The smallest absolute Gasteiger partial charge is 0.227 e. The molecule has 1 heterocycles. The second-order valence-electron chi connectivity index (χ2n) is 5.24. The molecule has 2 N–H and O–H groups in total. The summed E-state index contributed by atoms with van der Waals surface area (Å²) in [5.74, 6) is -0.416. The standard InChI is InChI=1S/C14H21N3O3S/c1-17(2)21(19,20)10-9-16-14(18)12-7-8-15-13-6-4-3-5-11(12)13/h3-6,12,15H,7-10H2,1-2H3,(H,16,18). The molecule has 7 heteroatoms. The van der Waals surface area contributed by atoms with Crippen LogP contribution in [0.4, 0.5) is 5.69 Å². The van der Waals surface area contributed by atoms with Crippen LogP contribution in [0, 0.1) is 0 Å². The van der Waals surface area contributed by atoms with E-state index < -0.39 is 10.0 Å². The van der Waals surface area contributed by atoms with Gasteiger partial charge in [-0.2, -0.15) is 0 Å². The van der Waals surface area contributed by atoms with Crippen LogP contribution in [-0.2, 0) is 14.8 Å². The Labute approximate surface area is 125 Å². The average molecular weight is 311 g/mol. The van der Waals surface area contributed by atoms with E-state index in [4.69, 9.17) is 0 Å². The fourth-order valence-corrected chi connectivity index (χ4v) is 3.08. The van der Waals surface area contributed by atoms with Crippen LogP contribution in [0.2, 0.25) is 0 Å². The SMILES string of the molecule is CN(C)S(=O)(=O)CCNC(=O)C1CCNc2ccccc21. The van der Waals surface area contributed by atoms with Crippen molar-refractivity contribution in [1.82, 2.24) is 9.62 Å². The van der Waals surface area contributed by atoms with E-state index >= 15 is 0 Å². The first-order chi connectivity index (χ1) is 9.92. The van der Waals surface area contributed by atoms with Gasteiger partial charge in [-0.15, -0.1) is 0 Å². The molecule has 0 radical (unpaired) electrons. The van der Waals surface area contributed by atoms with Crippen molar-refractivity contribution in [2.24, 2.45) is 0 Å². The van der Waals surface area contributed by atoms with Crippen LogP contribution in [-0.4, -0.2) is 51.6 Å². The first-order valence-electron chi connectivity index (χ1n) is 6.92. The molecule has 1 amide bonds. The molecule has 21 heavy (non-hydrogen) atoms. The summed E-state index contributed by atoms with van der Waals surface area (Å²) in [5, 5.41) is 5.99. The van der Waals surface area contributed by atoms with Gasteiger partial charge >= 0.3 is 0 Å². The van der Waals surface area contributed by atoms with Crippen LogP contribution in [0.15, 0.2) is 24.3 Å². The molecule has 2 rings (SSSR count). The Morgan fingerprint density at radius 1 is 1.38 bits per heavy atom. The van der Waals surface area contributed by atoms with Gasteiger partial charge < -0.3 is 10.6 Å². The normalized spacial score (nSPS) is 18.0. The summed E-state index contributed by atoms with van der Waals surface area (Å²) in [7, 11) is -0.306. The van der Waals surface area contributed by atoms with Gasteiger partial charge in [0.2, 0.25) is 15.9 Å². The third-order valence-electron chi connectivity index (χ3n) is 3.62. The fraction of sp³-hybridized carbons (Fsp3) is 0.500. The minimum absolute atomic E-state index is 0.0850. The van der Waals surface area contributed by atoms with E-state index in [1.807, 2.05) is 24.3 Å². The molecule has 0 bridgehead atoms. The first-order valence-corrected chi connectivity index (χ1v) is 8.53. The number of carbonyl (C=O) groups excluding carboxylic acids is 1. The lowest BCUT2D eigenvalue weighted by molar-refractivity contribution is -0.122. The minimum atomic E-state index is -3.28. The van der Waals surface area contributed by atoms with Crippen molar-refractivity contribution < 1.29 is 13.2 Å². The predicted octanol–water partition coefficient (Wildman–Crippen LogP) is 0.593. The summed E-state index contributed by atoms with van der Waals surface area (Å²) in [6.45, 7) is 0.872. The quantitative estimate of drug-likeness (QED) is 0.834. The van der Waals surface area contributed by atoms with E-state index in [0.717, 1.165) is 17.8 Å². The molecule has 1 unspecified atom stereocenters. The molecule has 0 aliphatic carbocycles. The Morgan fingerprint density at radius 2 is 2.10 bits per heavy atom.